The number of amides is 1. The Morgan fingerprint density at radius 1 is 1.58 bits per heavy atom. The number of anilines is 1. The molecule has 7 heteroatoms. The highest BCUT2D eigenvalue weighted by Gasteiger charge is 2.27. The van der Waals surface area contributed by atoms with Crippen LogP contribution in [-0.4, -0.2) is 16.7 Å². The first-order valence-corrected chi connectivity index (χ1v) is 5.91. The second-order valence-electron chi connectivity index (χ2n) is 4.57. The zero-order chi connectivity index (χ0) is 14.6. The van der Waals surface area contributed by atoms with E-state index in [-0.39, 0.29) is 28.7 Å². The van der Waals surface area contributed by atoms with E-state index in [0.29, 0.717) is 0 Å². The average molecular weight is 282 g/mol. The summed E-state index contributed by atoms with van der Waals surface area (Å²) in [6, 6.07) is 5.49. The molecule has 0 bridgehead atoms. The summed E-state index contributed by atoms with van der Waals surface area (Å²) in [7, 11) is 0. The molecule has 0 saturated carbocycles. The van der Waals surface area contributed by atoms with Gasteiger partial charge in [-0.1, -0.05) is 0 Å². The summed E-state index contributed by atoms with van der Waals surface area (Å²) < 4.78 is 0. The SMILES string of the molecule is CC(C)(CCl)C(=O)Nc1ccc([N+](=O)[O-])cc1C#N. The minimum Gasteiger partial charge on any atom is -0.324 e. The largest absolute Gasteiger partial charge is 0.324 e. The van der Waals surface area contributed by atoms with Crippen LogP contribution in [-0.2, 0) is 4.79 Å². The predicted octanol–water partition coefficient (Wildman–Crippen LogP) is 2.67. The van der Waals surface area contributed by atoms with Crippen LogP contribution >= 0.6 is 11.6 Å². The smallest absolute Gasteiger partial charge is 0.270 e. The minimum atomic E-state index is -0.796. The Morgan fingerprint density at radius 2 is 2.21 bits per heavy atom. The quantitative estimate of drug-likeness (QED) is 0.521. The number of hydrogen-bond donors (Lipinski definition) is 1. The molecule has 1 amide bonds. The molecule has 0 atom stereocenters. The summed E-state index contributed by atoms with van der Waals surface area (Å²) in [6.07, 6.45) is 0. The number of nitrogens with zero attached hydrogens (tertiary/aromatic N) is 2. The van der Waals surface area contributed by atoms with Gasteiger partial charge in [-0.15, -0.1) is 11.6 Å². The van der Waals surface area contributed by atoms with Gasteiger partial charge in [-0.3, -0.25) is 14.9 Å². The normalized spacial score (nSPS) is 10.6. The Bertz CT molecular complexity index is 564. The zero-order valence-electron chi connectivity index (χ0n) is 10.4. The minimum absolute atomic E-state index is 0.0351. The van der Waals surface area contributed by atoms with Crippen LogP contribution in [0.4, 0.5) is 11.4 Å². The van der Waals surface area contributed by atoms with Crippen molar-refractivity contribution in [3.63, 3.8) is 0 Å². The number of nitrogens with one attached hydrogen (secondary N) is 1. The summed E-state index contributed by atoms with van der Waals surface area (Å²) >= 11 is 5.68. The van der Waals surface area contributed by atoms with Gasteiger partial charge >= 0.3 is 0 Å². The molecule has 0 radical (unpaired) electrons. The van der Waals surface area contributed by atoms with E-state index < -0.39 is 10.3 Å². The van der Waals surface area contributed by atoms with Crippen LogP contribution in [0.25, 0.3) is 0 Å². The Labute approximate surface area is 115 Å². The maximum Gasteiger partial charge on any atom is 0.270 e. The molecule has 100 valence electrons. The molecule has 6 nitrogen and oxygen atoms in total. The molecule has 19 heavy (non-hydrogen) atoms. The zero-order valence-corrected chi connectivity index (χ0v) is 11.2. The Hall–Kier alpha value is -2.13. The molecule has 1 aromatic carbocycles. The first-order chi connectivity index (χ1) is 8.81. The Kier molecular flexibility index (Phi) is 4.46. The first kappa shape index (κ1) is 14.9. The number of benzene rings is 1. The fourth-order valence-electron chi connectivity index (χ4n) is 1.20. The molecule has 0 fully saturated rings. The lowest BCUT2D eigenvalue weighted by Gasteiger charge is -2.20. The van der Waals surface area contributed by atoms with E-state index in [1.165, 1.54) is 12.1 Å². The number of nitro groups is 1. The van der Waals surface area contributed by atoms with Gasteiger partial charge in [-0.25, -0.2) is 0 Å². The van der Waals surface area contributed by atoms with Crippen molar-refractivity contribution < 1.29 is 9.72 Å². The van der Waals surface area contributed by atoms with Gasteiger partial charge in [0.25, 0.3) is 5.69 Å². The maximum absolute atomic E-state index is 11.9. The van der Waals surface area contributed by atoms with Gasteiger partial charge in [-0.2, -0.15) is 5.26 Å². The van der Waals surface area contributed by atoms with E-state index >= 15 is 0 Å². The molecular weight excluding hydrogens is 270 g/mol. The molecule has 0 aliphatic carbocycles. The Balaban J connectivity index is 3.07. The van der Waals surface area contributed by atoms with Gasteiger partial charge in [-0.05, 0) is 19.9 Å². The van der Waals surface area contributed by atoms with E-state index in [9.17, 15) is 14.9 Å². The van der Waals surface area contributed by atoms with E-state index in [0.717, 1.165) is 6.07 Å². The third-order valence-electron chi connectivity index (χ3n) is 2.53. The maximum atomic E-state index is 11.9. The topological polar surface area (TPSA) is 96.0 Å². The number of carbonyl (C=O) groups excluding carboxylic acids is 1. The summed E-state index contributed by atoms with van der Waals surface area (Å²) in [5, 5.41) is 22.1. The number of non-ortho nitro benzene ring substituents is 1. The van der Waals surface area contributed by atoms with Gasteiger partial charge in [0.1, 0.15) is 6.07 Å². The van der Waals surface area contributed by atoms with E-state index in [1.807, 2.05) is 6.07 Å². The molecule has 0 aliphatic rings. The monoisotopic (exact) mass is 281 g/mol. The number of halogens is 1. The van der Waals surface area contributed by atoms with Crippen LogP contribution in [0.1, 0.15) is 19.4 Å². The fraction of sp³-hybridized carbons (Fsp3) is 0.333. The number of carbonyl (C=O) groups is 1. The van der Waals surface area contributed by atoms with Crippen LogP contribution in [0, 0.1) is 26.9 Å². The molecule has 0 spiro atoms. The van der Waals surface area contributed by atoms with E-state index in [2.05, 4.69) is 5.32 Å². The second-order valence-corrected chi connectivity index (χ2v) is 4.84. The van der Waals surface area contributed by atoms with Crippen molar-refractivity contribution in [1.29, 1.82) is 5.26 Å². The van der Waals surface area contributed by atoms with Crippen molar-refractivity contribution >= 4 is 28.9 Å². The third-order valence-corrected chi connectivity index (χ3v) is 3.20. The number of nitriles is 1. The van der Waals surface area contributed by atoms with Gasteiger partial charge in [0.05, 0.1) is 21.6 Å². The van der Waals surface area contributed by atoms with Gasteiger partial charge in [0.2, 0.25) is 5.91 Å². The van der Waals surface area contributed by atoms with Gasteiger partial charge < -0.3 is 5.32 Å². The van der Waals surface area contributed by atoms with Crippen molar-refractivity contribution in [2.75, 3.05) is 11.2 Å². The van der Waals surface area contributed by atoms with Crippen molar-refractivity contribution in [2.45, 2.75) is 13.8 Å². The van der Waals surface area contributed by atoms with Crippen molar-refractivity contribution in [3.05, 3.63) is 33.9 Å². The highest BCUT2D eigenvalue weighted by molar-refractivity contribution is 6.20. The lowest BCUT2D eigenvalue weighted by molar-refractivity contribution is -0.384. The van der Waals surface area contributed by atoms with Crippen LogP contribution in [0.15, 0.2) is 18.2 Å². The van der Waals surface area contributed by atoms with Crippen LogP contribution in [0.3, 0.4) is 0 Å². The summed E-state index contributed by atoms with van der Waals surface area (Å²) in [5.41, 5.74) is -0.730. The predicted molar refractivity (Wildman–Crippen MR) is 70.9 cm³/mol. The second kappa shape index (κ2) is 5.67. The van der Waals surface area contributed by atoms with Crippen molar-refractivity contribution in [1.82, 2.24) is 0 Å². The highest BCUT2D eigenvalue weighted by atomic mass is 35.5. The average Bonchev–Trinajstić information content (AvgIpc) is 2.38. The molecule has 1 rings (SSSR count). The van der Waals surface area contributed by atoms with E-state index in [4.69, 9.17) is 16.9 Å². The lowest BCUT2D eigenvalue weighted by Crippen LogP contribution is -2.32. The first-order valence-electron chi connectivity index (χ1n) is 5.38. The van der Waals surface area contributed by atoms with Gasteiger partial charge in [0, 0.05) is 18.0 Å². The van der Waals surface area contributed by atoms with Crippen LogP contribution in [0.2, 0.25) is 0 Å². The number of nitro benzene ring substituents is 1. The van der Waals surface area contributed by atoms with Crippen LogP contribution in [0.5, 0.6) is 0 Å². The molecular formula is C12H12ClN3O3. The van der Waals surface area contributed by atoms with Crippen LogP contribution < -0.4 is 5.32 Å². The molecule has 0 aromatic heterocycles. The molecule has 0 unspecified atom stereocenters. The number of rotatable bonds is 4. The summed E-state index contributed by atoms with van der Waals surface area (Å²) in [5.74, 6) is -0.235. The standard InChI is InChI=1S/C12H12ClN3O3/c1-12(2,7-13)11(17)15-10-4-3-9(16(18)19)5-8(10)6-14/h3-5H,7H2,1-2H3,(H,15,17). The number of hydrogen-bond acceptors (Lipinski definition) is 4. The molecule has 1 aromatic rings. The molecule has 0 saturated heterocycles. The summed E-state index contributed by atoms with van der Waals surface area (Å²) in [6.45, 7) is 3.32. The molecule has 0 heterocycles. The Morgan fingerprint density at radius 3 is 2.68 bits per heavy atom. The highest BCUT2D eigenvalue weighted by Crippen LogP contribution is 2.24. The summed E-state index contributed by atoms with van der Waals surface area (Å²) in [4.78, 5) is 21.9. The van der Waals surface area contributed by atoms with Gasteiger partial charge in [0.15, 0.2) is 0 Å². The number of alkyl halides is 1. The lowest BCUT2D eigenvalue weighted by atomic mass is 9.95. The fourth-order valence-corrected chi connectivity index (χ4v) is 1.32. The van der Waals surface area contributed by atoms with Crippen molar-refractivity contribution in [3.8, 4) is 6.07 Å². The molecule has 0 aliphatic heterocycles. The molecule has 1 N–H and O–H groups in total. The third kappa shape index (κ3) is 3.42. The van der Waals surface area contributed by atoms with Crippen molar-refractivity contribution in [2.24, 2.45) is 5.41 Å². The van der Waals surface area contributed by atoms with E-state index in [1.54, 1.807) is 13.8 Å².